The summed E-state index contributed by atoms with van der Waals surface area (Å²) in [5.41, 5.74) is 3.36. The number of nitrogens with one attached hydrogen (secondary N) is 1. The normalized spacial score (nSPS) is 11.0. The molecule has 2 aromatic heterocycles. The standard InChI is InChI=1S/C27H20Cl2N4O3S/c1-15-21(14-24(34)30-27-32-31-25(37-27)17-4-3-5-19(29)12-17)22-13-20(36-2)10-11-23(22)33(15)26(35)16-6-8-18(28)9-7-16/h3-13H,14H2,1-2H3,(H,30,32,34). The van der Waals surface area contributed by atoms with Crippen molar-refractivity contribution in [3.8, 4) is 16.3 Å². The van der Waals surface area contributed by atoms with Crippen molar-refractivity contribution < 1.29 is 14.3 Å². The quantitative estimate of drug-likeness (QED) is 0.255. The Labute approximate surface area is 226 Å². The summed E-state index contributed by atoms with van der Waals surface area (Å²) in [6, 6.07) is 19.4. The summed E-state index contributed by atoms with van der Waals surface area (Å²) in [6.07, 6.45) is 0.0302. The zero-order chi connectivity index (χ0) is 26.1. The number of carbonyl (C=O) groups is 2. The molecule has 0 fully saturated rings. The number of aromatic nitrogens is 3. The van der Waals surface area contributed by atoms with Gasteiger partial charge in [0.1, 0.15) is 10.8 Å². The van der Waals surface area contributed by atoms with Gasteiger partial charge in [-0.2, -0.15) is 0 Å². The van der Waals surface area contributed by atoms with Gasteiger partial charge >= 0.3 is 0 Å². The number of rotatable bonds is 6. The summed E-state index contributed by atoms with van der Waals surface area (Å²) in [7, 11) is 1.57. The van der Waals surface area contributed by atoms with Gasteiger partial charge in [-0.25, -0.2) is 0 Å². The van der Waals surface area contributed by atoms with E-state index in [0.29, 0.717) is 48.3 Å². The first-order valence-corrected chi connectivity index (χ1v) is 12.8. The average Bonchev–Trinajstić information content (AvgIpc) is 3.46. The van der Waals surface area contributed by atoms with Crippen molar-refractivity contribution in [1.82, 2.24) is 14.8 Å². The molecule has 0 radical (unpaired) electrons. The van der Waals surface area contributed by atoms with E-state index < -0.39 is 0 Å². The Bertz CT molecular complexity index is 1640. The summed E-state index contributed by atoms with van der Waals surface area (Å²) < 4.78 is 7.02. The van der Waals surface area contributed by atoms with E-state index >= 15 is 0 Å². The van der Waals surface area contributed by atoms with E-state index in [1.165, 1.54) is 11.3 Å². The minimum absolute atomic E-state index is 0.0302. The van der Waals surface area contributed by atoms with E-state index in [-0.39, 0.29) is 18.2 Å². The molecule has 2 heterocycles. The monoisotopic (exact) mass is 550 g/mol. The van der Waals surface area contributed by atoms with Crippen LogP contribution in [0.4, 0.5) is 5.13 Å². The smallest absolute Gasteiger partial charge is 0.262 e. The molecule has 0 saturated heterocycles. The summed E-state index contributed by atoms with van der Waals surface area (Å²) in [4.78, 5) is 26.5. The predicted molar refractivity (Wildman–Crippen MR) is 147 cm³/mol. The number of ether oxygens (including phenoxy) is 1. The van der Waals surface area contributed by atoms with Crippen molar-refractivity contribution in [2.75, 3.05) is 12.4 Å². The Morgan fingerprint density at radius 3 is 2.51 bits per heavy atom. The predicted octanol–water partition coefficient (Wildman–Crippen LogP) is 6.65. The van der Waals surface area contributed by atoms with Gasteiger partial charge in [-0.15, -0.1) is 10.2 Å². The fraction of sp³-hybridized carbons (Fsp3) is 0.111. The highest BCUT2D eigenvalue weighted by Gasteiger charge is 2.22. The first-order chi connectivity index (χ1) is 17.8. The molecular weight excluding hydrogens is 531 g/mol. The topological polar surface area (TPSA) is 86.1 Å². The van der Waals surface area contributed by atoms with Crippen LogP contribution in [0.1, 0.15) is 21.6 Å². The second kappa shape index (κ2) is 10.3. The van der Waals surface area contributed by atoms with Gasteiger partial charge in [-0.05, 0) is 67.1 Å². The maximum Gasteiger partial charge on any atom is 0.262 e. The molecule has 0 aliphatic carbocycles. The lowest BCUT2D eigenvalue weighted by Crippen LogP contribution is -2.16. The minimum Gasteiger partial charge on any atom is -0.497 e. The number of hydrogen-bond donors (Lipinski definition) is 1. The van der Waals surface area contributed by atoms with E-state index in [1.54, 1.807) is 54.1 Å². The zero-order valence-corrected chi connectivity index (χ0v) is 22.1. The van der Waals surface area contributed by atoms with Gasteiger partial charge in [0.25, 0.3) is 5.91 Å². The van der Waals surface area contributed by atoms with Crippen LogP contribution in [0.2, 0.25) is 10.0 Å². The molecule has 0 unspecified atom stereocenters. The molecule has 0 saturated carbocycles. The fourth-order valence-corrected chi connectivity index (χ4v) is 5.20. The third-order valence-corrected chi connectivity index (χ3v) is 7.29. The lowest BCUT2D eigenvalue weighted by atomic mass is 10.1. The van der Waals surface area contributed by atoms with Gasteiger partial charge in [0.15, 0.2) is 0 Å². The summed E-state index contributed by atoms with van der Waals surface area (Å²) in [5, 5.41) is 14.0. The number of benzene rings is 3. The second-order valence-electron chi connectivity index (χ2n) is 8.24. The molecule has 10 heteroatoms. The molecule has 0 aliphatic heterocycles. The molecule has 5 rings (SSSR count). The molecule has 0 bridgehead atoms. The Morgan fingerprint density at radius 2 is 1.78 bits per heavy atom. The van der Waals surface area contributed by atoms with Crippen molar-refractivity contribution in [2.24, 2.45) is 0 Å². The third-order valence-electron chi connectivity index (χ3n) is 5.92. The molecular formula is C27H20Cl2N4O3S. The number of amides is 1. The van der Waals surface area contributed by atoms with Gasteiger partial charge in [-0.1, -0.05) is 46.7 Å². The highest BCUT2D eigenvalue weighted by atomic mass is 35.5. The number of fused-ring (bicyclic) bond motifs is 1. The van der Waals surface area contributed by atoms with Gasteiger partial charge in [0, 0.05) is 32.3 Å². The third kappa shape index (κ3) is 5.09. The highest BCUT2D eigenvalue weighted by Crippen LogP contribution is 2.32. The number of methoxy groups -OCH3 is 1. The molecule has 7 nitrogen and oxygen atoms in total. The van der Waals surface area contributed by atoms with Crippen LogP contribution in [0.25, 0.3) is 21.5 Å². The van der Waals surface area contributed by atoms with Crippen LogP contribution >= 0.6 is 34.5 Å². The number of anilines is 1. The van der Waals surface area contributed by atoms with E-state index in [0.717, 1.165) is 10.9 Å². The zero-order valence-electron chi connectivity index (χ0n) is 19.8. The average molecular weight is 551 g/mol. The number of nitrogens with zero attached hydrogens (tertiary/aromatic N) is 3. The second-order valence-corrected chi connectivity index (χ2v) is 10.1. The van der Waals surface area contributed by atoms with Crippen LogP contribution in [0, 0.1) is 6.92 Å². The van der Waals surface area contributed by atoms with Crippen LogP contribution < -0.4 is 10.1 Å². The largest absolute Gasteiger partial charge is 0.497 e. The van der Waals surface area contributed by atoms with Crippen molar-refractivity contribution in [3.05, 3.63) is 93.6 Å². The van der Waals surface area contributed by atoms with Crippen LogP contribution in [0.15, 0.2) is 66.7 Å². The SMILES string of the molecule is COc1ccc2c(c1)c(CC(=O)Nc1nnc(-c3cccc(Cl)c3)s1)c(C)n2C(=O)c1ccc(Cl)cc1. The molecule has 1 amide bonds. The molecule has 0 atom stereocenters. The molecule has 5 aromatic rings. The Balaban J connectivity index is 1.46. The van der Waals surface area contributed by atoms with Crippen LogP contribution in [0.3, 0.4) is 0 Å². The van der Waals surface area contributed by atoms with Gasteiger partial charge in [0.05, 0.1) is 19.0 Å². The van der Waals surface area contributed by atoms with Crippen molar-refractivity contribution in [3.63, 3.8) is 0 Å². The van der Waals surface area contributed by atoms with Gasteiger partial charge < -0.3 is 10.1 Å². The molecule has 186 valence electrons. The van der Waals surface area contributed by atoms with Crippen LogP contribution in [0.5, 0.6) is 5.75 Å². The van der Waals surface area contributed by atoms with E-state index in [9.17, 15) is 9.59 Å². The molecule has 0 aliphatic rings. The maximum absolute atomic E-state index is 13.5. The lowest BCUT2D eigenvalue weighted by molar-refractivity contribution is -0.115. The maximum atomic E-state index is 13.5. The van der Waals surface area contributed by atoms with Crippen molar-refractivity contribution in [2.45, 2.75) is 13.3 Å². The first kappa shape index (κ1) is 25.0. The lowest BCUT2D eigenvalue weighted by Gasteiger charge is -2.08. The fourth-order valence-electron chi connectivity index (χ4n) is 4.13. The van der Waals surface area contributed by atoms with E-state index in [2.05, 4.69) is 15.5 Å². The highest BCUT2D eigenvalue weighted by molar-refractivity contribution is 7.18. The van der Waals surface area contributed by atoms with Crippen molar-refractivity contribution >= 4 is 62.4 Å². The molecule has 37 heavy (non-hydrogen) atoms. The Hall–Kier alpha value is -3.72. The number of carbonyl (C=O) groups excluding carboxylic acids is 2. The Kier molecular flexibility index (Phi) is 6.97. The van der Waals surface area contributed by atoms with E-state index in [4.69, 9.17) is 27.9 Å². The number of hydrogen-bond acceptors (Lipinski definition) is 6. The minimum atomic E-state index is -0.280. The molecule has 3 aromatic carbocycles. The number of halogens is 2. The van der Waals surface area contributed by atoms with Crippen LogP contribution in [-0.2, 0) is 11.2 Å². The molecule has 1 N–H and O–H groups in total. The first-order valence-electron chi connectivity index (χ1n) is 11.2. The summed E-state index contributed by atoms with van der Waals surface area (Å²) >= 11 is 13.3. The molecule has 0 spiro atoms. The van der Waals surface area contributed by atoms with E-state index in [1.807, 2.05) is 31.2 Å². The van der Waals surface area contributed by atoms with Gasteiger partial charge in [0.2, 0.25) is 11.0 Å². The van der Waals surface area contributed by atoms with Crippen LogP contribution in [-0.4, -0.2) is 33.7 Å². The Morgan fingerprint density at radius 1 is 1.00 bits per heavy atom. The summed E-state index contributed by atoms with van der Waals surface area (Å²) in [6.45, 7) is 1.82. The summed E-state index contributed by atoms with van der Waals surface area (Å²) in [5.74, 6) is 0.129. The van der Waals surface area contributed by atoms with Gasteiger partial charge in [-0.3, -0.25) is 14.2 Å². The van der Waals surface area contributed by atoms with Crippen molar-refractivity contribution in [1.29, 1.82) is 0 Å².